The van der Waals surface area contributed by atoms with Crippen molar-refractivity contribution in [1.82, 2.24) is 10.2 Å². The van der Waals surface area contributed by atoms with Crippen molar-refractivity contribution in [3.8, 4) is 0 Å². The van der Waals surface area contributed by atoms with Gasteiger partial charge in [-0.3, -0.25) is 10.1 Å². The average molecular weight is 202 g/mol. The van der Waals surface area contributed by atoms with E-state index in [-0.39, 0.29) is 5.91 Å². The van der Waals surface area contributed by atoms with Crippen molar-refractivity contribution >= 4 is 17.7 Å². The number of hydrogen-bond donors (Lipinski definition) is 1. The molecule has 1 saturated heterocycles. The highest BCUT2D eigenvalue weighted by Gasteiger charge is 2.23. The standard InChI is InChI=1S/C9H18N2OS/c1-3-13-5-4-8(2)11-7-10-6-9(11)12/h8,10H,3-7H2,1-2H3. The second kappa shape index (κ2) is 5.50. The van der Waals surface area contributed by atoms with Crippen molar-refractivity contribution in [2.24, 2.45) is 0 Å². The molecule has 0 aliphatic carbocycles. The number of nitrogens with zero attached hydrogens (tertiary/aromatic N) is 1. The molecule has 1 aliphatic heterocycles. The van der Waals surface area contributed by atoms with E-state index in [1.807, 2.05) is 16.7 Å². The quantitative estimate of drug-likeness (QED) is 0.673. The van der Waals surface area contributed by atoms with Crippen molar-refractivity contribution < 1.29 is 4.79 Å². The molecule has 1 heterocycles. The van der Waals surface area contributed by atoms with Gasteiger partial charge in [-0.25, -0.2) is 0 Å². The third-order valence-electron chi connectivity index (χ3n) is 2.29. The molecule has 76 valence electrons. The lowest BCUT2D eigenvalue weighted by atomic mass is 10.2. The van der Waals surface area contributed by atoms with Crippen LogP contribution in [0.15, 0.2) is 0 Å². The first-order chi connectivity index (χ1) is 6.25. The molecule has 1 N–H and O–H groups in total. The van der Waals surface area contributed by atoms with E-state index in [9.17, 15) is 4.79 Å². The zero-order valence-electron chi connectivity index (χ0n) is 8.38. The summed E-state index contributed by atoms with van der Waals surface area (Å²) in [6, 6.07) is 0.390. The summed E-state index contributed by atoms with van der Waals surface area (Å²) in [5.41, 5.74) is 0. The van der Waals surface area contributed by atoms with E-state index < -0.39 is 0 Å². The van der Waals surface area contributed by atoms with Gasteiger partial charge in [0.2, 0.25) is 5.91 Å². The van der Waals surface area contributed by atoms with E-state index in [1.165, 1.54) is 5.75 Å². The van der Waals surface area contributed by atoms with Crippen LogP contribution in [0.25, 0.3) is 0 Å². The maximum absolute atomic E-state index is 11.3. The molecule has 0 saturated carbocycles. The van der Waals surface area contributed by atoms with Crippen LogP contribution in [0.5, 0.6) is 0 Å². The highest BCUT2D eigenvalue weighted by Crippen LogP contribution is 2.10. The molecule has 4 heteroatoms. The first kappa shape index (κ1) is 10.9. The number of rotatable bonds is 5. The zero-order chi connectivity index (χ0) is 9.68. The predicted molar refractivity (Wildman–Crippen MR) is 56.8 cm³/mol. The minimum atomic E-state index is 0.244. The SMILES string of the molecule is CCSCCC(C)N1CNCC1=O. The van der Waals surface area contributed by atoms with Crippen molar-refractivity contribution in [2.45, 2.75) is 26.3 Å². The Hall–Kier alpha value is -0.220. The monoisotopic (exact) mass is 202 g/mol. The normalized spacial score (nSPS) is 19.5. The number of carbonyl (C=O) groups excluding carboxylic acids is 1. The van der Waals surface area contributed by atoms with Crippen LogP contribution in [-0.4, -0.2) is 41.6 Å². The lowest BCUT2D eigenvalue weighted by Crippen LogP contribution is -2.35. The molecule has 0 aromatic heterocycles. The number of amides is 1. The molecule has 1 fully saturated rings. The third-order valence-corrected chi connectivity index (χ3v) is 3.23. The Morgan fingerprint density at radius 1 is 1.69 bits per heavy atom. The number of hydrogen-bond acceptors (Lipinski definition) is 3. The van der Waals surface area contributed by atoms with Gasteiger partial charge in [0.05, 0.1) is 13.2 Å². The second-order valence-electron chi connectivity index (χ2n) is 3.28. The van der Waals surface area contributed by atoms with Crippen LogP contribution in [0.2, 0.25) is 0 Å². The minimum Gasteiger partial charge on any atom is -0.326 e. The summed E-state index contributed by atoms with van der Waals surface area (Å²) >= 11 is 1.94. The molecule has 0 aromatic carbocycles. The van der Waals surface area contributed by atoms with Gasteiger partial charge in [0.1, 0.15) is 0 Å². The molecule has 0 spiro atoms. The van der Waals surface area contributed by atoms with E-state index in [2.05, 4.69) is 19.2 Å². The van der Waals surface area contributed by atoms with Gasteiger partial charge in [0, 0.05) is 6.04 Å². The van der Waals surface area contributed by atoms with Crippen LogP contribution in [-0.2, 0) is 4.79 Å². The largest absolute Gasteiger partial charge is 0.326 e. The minimum absolute atomic E-state index is 0.244. The van der Waals surface area contributed by atoms with Gasteiger partial charge in [-0.05, 0) is 24.9 Å². The highest BCUT2D eigenvalue weighted by molar-refractivity contribution is 7.99. The van der Waals surface area contributed by atoms with Gasteiger partial charge in [0.15, 0.2) is 0 Å². The molecular weight excluding hydrogens is 184 g/mol. The van der Waals surface area contributed by atoms with Gasteiger partial charge < -0.3 is 4.90 Å². The highest BCUT2D eigenvalue weighted by atomic mass is 32.2. The molecule has 1 aliphatic rings. The fraction of sp³-hybridized carbons (Fsp3) is 0.889. The van der Waals surface area contributed by atoms with E-state index in [1.54, 1.807) is 0 Å². The molecular formula is C9H18N2OS. The molecule has 13 heavy (non-hydrogen) atoms. The summed E-state index contributed by atoms with van der Waals surface area (Å²) in [4.78, 5) is 13.2. The van der Waals surface area contributed by atoms with Crippen molar-refractivity contribution in [2.75, 3.05) is 24.7 Å². The van der Waals surface area contributed by atoms with Crippen LogP contribution in [0, 0.1) is 0 Å². The second-order valence-corrected chi connectivity index (χ2v) is 4.68. The maximum atomic E-state index is 11.3. The molecule has 1 unspecified atom stereocenters. The lowest BCUT2D eigenvalue weighted by molar-refractivity contribution is -0.128. The average Bonchev–Trinajstić information content (AvgIpc) is 2.52. The van der Waals surface area contributed by atoms with Crippen LogP contribution >= 0.6 is 11.8 Å². The number of nitrogens with one attached hydrogen (secondary N) is 1. The fourth-order valence-corrected chi connectivity index (χ4v) is 2.23. The van der Waals surface area contributed by atoms with Crippen LogP contribution < -0.4 is 5.32 Å². The first-order valence-corrected chi connectivity index (χ1v) is 5.99. The number of carbonyl (C=O) groups is 1. The Morgan fingerprint density at radius 3 is 3.00 bits per heavy atom. The Morgan fingerprint density at radius 2 is 2.46 bits per heavy atom. The Kier molecular flexibility index (Phi) is 4.59. The topological polar surface area (TPSA) is 32.3 Å². The fourth-order valence-electron chi connectivity index (χ4n) is 1.43. The predicted octanol–water partition coefficient (Wildman–Crippen LogP) is 0.907. The van der Waals surface area contributed by atoms with Crippen LogP contribution in [0.3, 0.4) is 0 Å². The van der Waals surface area contributed by atoms with E-state index >= 15 is 0 Å². The summed E-state index contributed by atoms with van der Waals surface area (Å²) in [7, 11) is 0. The Bertz CT molecular complexity index is 175. The molecule has 1 atom stereocenters. The summed E-state index contributed by atoms with van der Waals surface area (Å²) in [5.74, 6) is 2.56. The number of thioether (sulfide) groups is 1. The molecule has 0 aromatic rings. The summed E-state index contributed by atoms with van der Waals surface area (Å²) in [6.07, 6.45) is 1.10. The van der Waals surface area contributed by atoms with E-state index in [0.29, 0.717) is 12.6 Å². The lowest BCUT2D eigenvalue weighted by Gasteiger charge is -2.23. The Balaban J connectivity index is 2.22. The molecule has 1 amide bonds. The smallest absolute Gasteiger partial charge is 0.237 e. The molecule has 0 radical (unpaired) electrons. The van der Waals surface area contributed by atoms with Crippen molar-refractivity contribution in [1.29, 1.82) is 0 Å². The summed E-state index contributed by atoms with van der Waals surface area (Å²) in [6.45, 7) is 5.54. The molecule has 1 rings (SSSR count). The van der Waals surface area contributed by atoms with Crippen LogP contribution in [0.4, 0.5) is 0 Å². The maximum Gasteiger partial charge on any atom is 0.237 e. The van der Waals surface area contributed by atoms with Gasteiger partial charge in [-0.15, -0.1) is 0 Å². The van der Waals surface area contributed by atoms with Crippen LogP contribution in [0.1, 0.15) is 20.3 Å². The molecule has 3 nitrogen and oxygen atoms in total. The zero-order valence-corrected chi connectivity index (χ0v) is 9.19. The van der Waals surface area contributed by atoms with E-state index in [4.69, 9.17) is 0 Å². The van der Waals surface area contributed by atoms with Crippen molar-refractivity contribution in [3.63, 3.8) is 0 Å². The summed E-state index contributed by atoms with van der Waals surface area (Å²) < 4.78 is 0. The first-order valence-electron chi connectivity index (χ1n) is 4.83. The Labute approximate surface area is 84.2 Å². The van der Waals surface area contributed by atoms with E-state index in [0.717, 1.165) is 18.8 Å². The summed E-state index contributed by atoms with van der Waals surface area (Å²) in [5, 5.41) is 3.06. The van der Waals surface area contributed by atoms with Gasteiger partial charge in [0.25, 0.3) is 0 Å². The third kappa shape index (κ3) is 3.19. The van der Waals surface area contributed by atoms with Crippen molar-refractivity contribution in [3.05, 3.63) is 0 Å². The van der Waals surface area contributed by atoms with Gasteiger partial charge >= 0.3 is 0 Å². The molecule has 0 bridgehead atoms. The van der Waals surface area contributed by atoms with Gasteiger partial charge in [-0.2, -0.15) is 11.8 Å². The van der Waals surface area contributed by atoms with Gasteiger partial charge in [-0.1, -0.05) is 6.92 Å².